The molecule has 1 saturated heterocycles. The van der Waals surface area contributed by atoms with E-state index < -0.39 is 6.04 Å². The number of hydrogen-bond acceptors (Lipinski definition) is 3. The number of ether oxygens (including phenoxy) is 1. The molecule has 5 heteroatoms. The highest BCUT2D eigenvalue weighted by atomic mass is 16.5. The lowest BCUT2D eigenvalue weighted by atomic mass is 10.0. The second kappa shape index (κ2) is 6.72. The van der Waals surface area contributed by atoms with E-state index in [2.05, 4.69) is 10.6 Å². The van der Waals surface area contributed by atoms with Crippen LogP contribution in [0.4, 0.5) is 4.79 Å². The maximum Gasteiger partial charge on any atom is 0.315 e. The Balaban J connectivity index is 1.83. The van der Waals surface area contributed by atoms with Crippen molar-refractivity contribution in [3.8, 4) is 0 Å². The first kappa shape index (κ1) is 14.8. The number of amides is 2. The second-order valence-corrected chi connectivity index (χ2v) is 5.37. The van der Waals surface area contributed by atoms with Gasteiger partial charge in [-0.15, -0.1) is 0 Å². The number of aliphatic hydroxyl groups excluding tert-OH is 1. The highest BCUT2D eigenvalue weighted by Gasteiger charge is 2.30. The zero-order valence-electron chi connectivity index (χ0n) is 11.8. The molecular weight excluding hydrogens is 256 g/mol. The number of urea groups is 1. The molecule has 3 N–H and O–H groups in total. The van der Waals surface area contributed by atoms with Crippen LogP contribution in [0.1, 0.15) is 31.4 Å². The van der Waals surface area contributed by atoms with Crippen LogP contribution in [-0.2, 0) is 4.74 Å². The molecule has 2 amide bonds. The van der Waals surface area contributed by atoms with Crippen LogP contribution in [0.3, 0.4) is 0 Å². The highest BCUT2D eigenvalue weighted by Crippen LogP contribution is 2.23. The van der Waals surface area contributed by atoms with Gasteiger partial charge in [-0.05, 0) is 25.3 Å². The lowest BCUT2D eigenvalue weighted by Crippen LogP contribution is -2.46. The molecule has 0 bridgehead atoms. The minimum atomic E-state index is -0.395. The topological polar surface area (TPSA) is 70.6 Å². The van der Waals surface area contributed by atoms with Gasteiger partial charge in [0.1, 0.15) is 0 Å². The van der Waals surface area contributed by atoms with E-state index in [9.17, 15) is 9.90 Å². The minimum Gasteiger partial charge on any atom is -0.394 e. The Kier molecular flexibility index (Phi) is 4.98. The summed E-state index contributed by atoms with van der Waals surface area (Å²) in [6.07, 6.45) is 1.98. The minimum absolute atomic E-state index is 0.134. The third-order valence-electron chi connectivity index (χ3n) is 3.61. The van der Waals surface area contributed by atoms with Crippen LogP contribution in [0.15, 0.2) is 30.3 Å². The van der Waals surface area contributed by atoms with Crippen molar-refractivity contribution >= 4 is 6.03 Å². The highest BCUT2D eigenvalue weighted by molar-refractivity contribution is 5.74. The Hall–Kier alpha value is -1.59. The summed E-state index contributed by atoms with van der Waals surface area (Å²) in [5, 5.41) is 15.0. The van der Waals surface area contributed by atoms with E-state index in [-0.39, 0.29) is 18.2 Å². The van der Waals surface area contributed by atoms with Crippen LogP contribution in [0.5, 0.6) is 0 Å². The standard InChI is InChI=1S/C15H22N2O3/c1-15(8-5-9-20-15)11-16-14(19)17-13(10-18)12-6-3-2-4-7-12/h2-4,6-7,13,18H,5,8-11H2,1H3,(H2,16,17,19)/t13-,15-/m1/s1. The first-order chi connectivity index (χ1) is 9.63. The zero-order chi connectivity index (χ0) is 14.4. The van der Waals surface area contributed by atoms with Crippen LogP contribution in [0.25, 0.3) is 0 Å². The lowest BCUT2D eigenvalue weighted by Gasteiger charge is -2.24. The summed E-state index contributed by atoms with van der Waals surface area (Å²) in [4.78, 5) is 11.9. The molecule has 20 heavy (non-hydrogen) atoms. The number of hydrogen-bond donors (Lipinski definition) is 3. The molecule has 2 rings (SSSR count). The summed E-state index contributed by atoms with van der Waals surface area (Å²) in [5.41, 5.74) is 0.618. The SMILES string of the molecule is C[C@]1(CNC(=O)N[C@H](CO)c2ccccc2)CCCO1. The van der Waals surface area contributed by atoms with Crippen molar-refractivity contribution in [2.45, 2.75) is 31.4 Å². The van der Waals surface area contributed by atoms with E-state index in [4.69, 9.17) is 4.74 Å². The fourth-order valence-corrected chi connectivity index (χ4v) is 2.37. The van der Waals surface area contributed by atoms with Crippen molar-refractivity contribution in [3.05, 3.63) is 35.9 Å². The van der Waals surface area contributed by atoms with Gasteiger partial charge >= 0.3 is 6.03 Å². The lowest BCUT2D eigenvalue weighted by molar-refractivity contribution is 0.0228. The van der Waals surface area contributed by atoms with Crippen molar-refractivity contribution in [2.75, 3.05) is 19.8 Å². The maximum absolute atomic E-state index is 11.9. The molecule has 0 spiro atoms. The van der Waals surface area contributed by atoms with Crippen molar-refractivity contribution in [2.24, 2.45) is 0 Å². The van der Waals surface area contributed by atoms with E-state index in [0.29, 0.717) is 6.54 Å². The second-order valence-electron chi connectivity index (χ2n) is 5.37. The van der Waals surface area contributed by atoms with Gasteiger partial charge in [-0.2, -0.15) is 0 Å². The van der Waals surface area contributed by atoms with E-state index in [0.717, 1.165) is 25.0 Å². The quantitative estimate of drug-likeness (QED) is 0.766. The van der Waals surface area contributed by atoms with Crippen LogP contribution in [-0.4, -0.2) is 36.5 Å². The molecule has 1 aromatic carbocycles. The molecule has 0 aliphatic carbocycles. The Morgan fingerprint density at radius 2 is 2.20 bits per heavy atom. The molecule has 0 radical (unpaired) electrons. The summed E-state index contributed by atoms with van der Waals surface area (Å²) in [5.74, 6) is 0. The van der Waals surface area contributed by atoms with Gasteiger partial charge in [0, 0.05) is 13.2 Å². The molecule has 5 nitrogen and oxygen atoms in total. The molecule has 0 unspecified atom stereocenters. The van der Waals surface area contributed by atoms with Crippen LogP contribution >= 0.6 is 0 Å². The Labute approximate surface area is 119 Å². The summed E-state index contributed by atoms with van der Waals surface area (Å²) in [6, 6.07) is 8.73. The van der Waals surface area contributed by atoms with E-state index in [1.54, 1.807) is 0 Å². The van der Waals surface area contributed by atoms with Crippen molar-refractivity contribution in [1.82, 2.24) is 10.6 Å². The molecule has 2 atom stereocenters. The smallest absolute Gasteiger partial charge is 0.315 e. The number of rotatable bonds is 5. The molecule has 1 aliphatic heterocycles. The normalized spacial score (nSPS) is 23.3. The summed E-state index contributed by atoms with van der Waals surface area (Å²) >= 11 is 0. The van der Waals surface area contributed by atoms with Gasteiger partial charge in [0.25, 0.3) is 0 Å². The number of nitrogens with one attached hydrogen (secondary N) is 2. The molecule has 110 valence electrons. The van der Waals surface area contributed by atoms with Crippen molar-refractivity contribution < 1.29 is 14.6 Å². The van der Waals surface area contributed by atoms with Gasteiger partial charge in [-0.25, -0.2) is 4.79 Å². The first-order valence-electron chi connectivity index (χ1n) is 6.97. The predicted molar refractivity (Wildman–Crippen MR) is 76.4 cm³/mol. The molecular formula is C15H22N2O3. The summed E-state index contributed by atoms with van der Waals surface area (Å²) in [6.45, 7) is 3.10. The number of aliphatic hydroxyl groups is 1. The molecule has 1 aromatic rings. The van der Waals surface area contributed by atoms with E-state index in [1.165, 1.54) is 0 Å². The monoisotopic (exact) mass is 278 g/mol. The zero-order valence-corrected chi connectivity index (χ0v) is 11.8. The van der Waals surface area contributed by atoms with Gasteiger partial charge in [-0.3, -0.25) is 0 Å². The molecule has 1 fully saturated rings. The Morgan fingerprint density at radius 3 is 2.80 bits per heavy atom. The predicted octanol–water partition coefficient (Wildman–Crippen LogP) is 1.59. The Morgan fingerprint density at radius 1 is 1.45 bits per heavy atom. The maximum atomic E-state index is 11.9. The van der Waals surface area contributed by atoms with Crippen LogP contribution in [0, 0.1) is 0 Å². The molecule has 0 aromatic heterocycles. The third kappa shape index (κ3) is 3.95. The van der Waals surface area contributed by atoms with Gasteiger partial charge in [0.05, 0.1) is 18.2 Å². The van der Waals surface area contributed by atoms with E-state index >= 15 is 0 Å². The van der Waals surface area contributed by atoms with Gasteiger partial charge in [-0.1, -0.05) is 30.3 Å². The summed E-state index contributed by atoms with van der Waals surface area (Å²) < 4.78 is 5.61. The average molecular weight is 278 g/mol. The number of carbonyl (C=O) groups excluding carboxylic acids is 1. The van der Waals surface area contributed by atoms with Gasteiger partial charge < -0.3 is 20.5 Å². The third-order valence-corrected chi connectivity index (χ3v) is 3.61. The molecule has 0 saturated carbocycles. The average Bonchev–Trinajstić information content (AvgIpc) is 2.91. The van der Waals surface area contributed by atoms with Gasteiger partial charge in [0.15, 0.2) is 0 Å². The Bertz CT molecular complexity index is 430. The van der Waals surface area contributed by atoms with Crippen molar-refractivity contribution in [3.63, 3.8) is 0 Å². The fourth-order valence-electron chi connectivity index (χ4n) is 2.37. The fraction of sp³-hybridized carbons (Fsp3) is 0.533. The number of benzene rings is 1. The summed E-state index contributed by atoms with van der Waals surface area (Å²) in [7, 11) is 0. The van der Waals surface area contributed by atoms with Crippen LogP contribution in [0.2, 0.25) is 0 Å². The molecule has 1 heterocycles. The number of carbonyl (C=O) groups is 1. The van der Waals surface area contributed by atoms with E-state index in [1.807, 2.05) is 37.3 Å². The van der Waals surface area contributed by atoms with Crippen LogP contribution < -0.4 is 10.6 Å². The van der Waals surface area contributed by atoms with Crippen molar-refractivity contribution in [1.29, 1.82) is 0 Å². The largest absolute Gasteiger partial charge is 0.394 e. The van der Waals surface area contributed by atoms with Gasteiger partial charge in [0.2, 0.25) is 0 Å². The molecule has 1 aliphatic rings. The first-order valence-corrected chi connectivity index (χ1v) is 6.97.